The van der Waals surface area contributed by atoms with Crippen molar-refractivity contribution in [1.29, 1.82) is 0 Å². The number of nitrogens with zero attached hydrogens (tertiary/aromatic N) is 3. The number of ether oxygens (including phenoxy) is 1. The van der Waals surface area contributed by atoms with Crippen molar-refractivity contribution in [3.05, 3.63) is 60.7 Å². The third-order valence-electron chi connectivity index (χ3n) is 3.59. The lowest BCUT2D eigenvalue weighted by Gasteiger charge is -2.11. The number of aliphatic hydroxyl groups excluding tert-OH is 2. The Morgan fingerprint density at radius 3 is 2.79 bits per heavy atom. The summed E-state index contributed by atoms with van der Waals surface area (Å²) < 4.78 is 7.41. The molecular formula is C18H19N3O3. The molecule has 0 saturated heterocycles. The molecule has 6 nitrogen and oxygen atoms in total. The van der Waals surface area contributed by atoms with Gasteiger partial charge in [-0.2, -0.15) is 0 Å². The Labute approximate surface area is 140 Å². The summed E-state index contributed by atoms with van der Waals surface area (Å²) in [7, 11) is 0. The summed E-state index contributed by atoms with van der Waals surface area (Å²) in [5, 5.41) is 18.2. The van der Waals surface area contributed by atoms with Crippen LogP contribution < -0.4 is 4.74 Å². The highest BCUT2D eigenvalue weighted by molar-refractivity contribution is 5.62. The average molecular weight is 325 g/mol. The molecule has 0 amide bonds. The molecule has 0 aliphatic rings. The zero-order valence-corrected chi connectivity index (χ0v) is 13.3. The third-order valence-corrected chi connectivity index (χ3v) is 3.59. The van der Waals surface area contributed by atoms with E-state index in [0.29, 0.717) is 5.75 Å². The topological polar surface area (TPSA) is 80.4 Å². The predicted octanol–water partition coefficient (Wildman–Crippen LogP) is 1.97. The van der Waals surface area contributed by atoms with Gasteiger partial charge in [0.2, 0.25) is 0 Å². The van der Waals surface area contributed by atoms with Gasteiger partial charge in [-0.25, -0.2) is 9.97 Å². The van der Waals surface area contributed by atoms with Gasteiger partial charge >= 0.3 is 0 Å². The highest BCUT2D eigenvalue weighted by atomic mass is 16.5. The molecule has 6 heteroatoms. The van der Waals surface area contributed by atoms with Gasteiger partial charge in [0.1, 0.15) is 30.1 Å². The summed E-state index contributed by atoms with van der Waals surface area (Å²) in [4.78, 5) is 8.89. The van der Waals surface area contributed by atoms with Gasteiger partial charge in [-0.05, 0) is 31.2 Å². The Bertz CT molecular complexity index is 817. The first-order chi connectivity index (χ1) is 11.7. The summed E-state index contributed by atoms with van der Waals surface area (Å²) in [6.07, 6.45) is 2.72. The largest absolute Gasteiger partial charge is 0.491 e. The van der Waals surface area contributed by atoms with Gasteiger partial charge in [-0.1, -0.05) is 18.2 Å². The second kappa shape index (κ2) is 7.25. The molecule has 2 N–H and O–H groups in total. The molecule has 0 saturated carbocycles. The van der Waals surface area contributed by atoms with Crippen molar-refractivity contribution in [3.8, 4) is 22.8 Å². The smallest absolute Gasteiger partial charge is 0.138 e. The van der Waals surface area contributed by atoms with E-state index in [-0.39, 0.29) is 13.2 Å². The van der Waals surface area contributed by atoms with Crippen molar-refractivity contribution in [2.45, 2.75) is 13.0 Å². The Balaban J connectivity index is 1.85. The minimum absolute atomic E-state index is 0.0433. The highest BCUT2D eigenvalue weighted by Gasteiger charge is 2.07. The van der Waals surface area contributed by atoms with E-state index in [1.54, 1.807) is 12.3 Å². The first-order valence-corrected chi connectivity index (χ1v) is 7.67. The van der Waals surface area contributed by atoms with Gasteiger partial charge in [0.25, 0.3) is 0 Å². The maximum absolute atomic E-state index is 9.38. The Hall–Kier alpha value is -2.70. The second-order valence-electron chi connectivity index (χ2n) is 5.40. The molecule has 3 rings (SSSR count). The molecule has 1 atom stereocenters. The molecule has 3 aromatic rings. The lowest BCUT2D eigenvalue weighted by Crippen LogP contribution is -2.21. The number of hydrogen-bond acceptors (Lipinski definition) is 5. The molecule has 0 spiro atoms. The molecule has 2 aromatic heterocycles. The van der Waals surface area contributed by atoms with Crippen LogP contribution in [0.25, 0.3) is 17.1 Å². The van der Waals surface area contributed by atoms with Gasteiger partial charge in [0.15, 0.2) is 0 Å². The third kappa shape index (κ3) is 3.61. The summed E-state index contributed by atoms with van der Waals surface area (Å²) in [6, 6.07) is 13.3. The van der Waals surface area contributed by atoms with Crippen LogP contribution in [0.5, 0.6) is 5.75 Å². The lowest BCUT2D eigenvalue weighted by atomic mass is 10.1. The summed E-state index contributed by atoms with van der Waals surface area (Å²) >= 11 is 0. The van der Waals surface area contributed by atoms with Crippen molar-refractivity contribution in [2.75, 3.05) is 13.2 Å². The maximum Gasteiger partial charge on any atom is 0.138 e. The minimum atomic E-state index is -0.890. The number of benzene rings is 1. The number of pyridine rings is 1. The normalized spacial score (nSPS) is 12.1. The van der Waals surface area contributed by atoms with Crippen molar-refractivity contribution < 1.29 is 14.9 Å². The lowest BCUT2D eigenvalue weighted by molar-refractivity contribution is 0.0536. The quantitative estimate of drug-likeness (QED) is 0.724. The molecule has 1 aromatic carbocycles. The molecule has 0 aliphatic carbocycles. The van der Waals surface area contributed by atoms with Gasteiger partial charge in [0.05, 0.1) is 12.3 Å². The van der Waals surface area contributed by atoms with Gasteiger partial charge in [-0.15, -0.1) is 0 Å². The number of hydrogen-bond donors (Lipinski definition) is 2. The fraction of sp³-hybridized carbons (Fsp3) is 0.222. The summed E-state index contributed by atoms with van der Waals surface area (Å²) in [6.45, 7) is 1.64. The second-order valence-corrected chi connectivity index (χ2v) is 5.40. The van der Waals surface area contributed by atoms with Crippen LogP contribution in [0.2, 0.25) is 0 Å². The van der Waals surface area contributed by atoms with E-state index in [1.165, 1.54) is 0 Å². The predicted molar refractivity (Wildman–Crippen MR) is 90.1 cm³/mol. The van der Waals surface area contributed by atoms with Crippen molar-refractivity contribution in [2.24, 2.45) is 0 Å². The van der Waals surface area contributed by atoms with Crippen LogP contribution >= 0.6 is 0 Å². The number of aliphatic hydroxyl groups is 2. The van der Waals surface area contributed by atoms with Crippen molar-refractivity contribution in [3.63, 3.8) is 0 Å². The van der Waals surface area contributed by atoms with E-state index in [2.05, 4.69) is 9.97 Å². The first-order valence-electron chi connectivity index (χ1n) is 7.67. The van der Waals surface area contributed by atoms with E-state index in [1.807, 2.05) is 54.1 Å². The Morgan fingerprint density at radius 2 is 2.04 bits per heavy atom. The molecule has 0 bridgehead atoms. The van der Waals surface area contributed by atoms with Crippen LogP contribution in [0.3, 0.4) is 0 Å². The molecule has 0 radical (unpaired) electrons. The number of aryl methyl sites for hydroxylation is 1. The molecule has 24 heavy (non-hydrogen) atoms. The monoisotopic (exact) mass is 325 g/mol. The van der Waals surface area contributed by atoms with Crippen LogP contribution in [-0.4, -0.2) is 44.1 Å². The summed E-state index contributed by atoms with van der Waals surface area (Å²) in [5.74, 6) is 2.28. The minimum Gasteiger partial charge on any atom is -0.491 e. The SMILES string of the molecule is Cc1nccn1-c1cccc(-c2cccc(OC[C@H](O)CO)c2)n1. The van der Waals surface area contributed by atoms with Gasteiger partial charge in [0, 0.05) is 18.0 Å². The fourth-order valence-corrected chi connectivity index (χ4v) is 2.33. The molecule has 0 fully saturated rings. The van der Waals surface area contributed by atoms with Crippen LogP contribution in [0.1, 0.15) is 5.82 Å². The van der Waals surface area contributed by atoms with Crippen LogP contribution in [0.4, 0.5) is 0 Å². The van der Waals surface area contributed by atoms with E-state index in [4.69, 9.17) is 9.84 Å². The van der Waals surface area contributed by atoms with Crippen molar-refractivity contribution in [1.82, 2.24) is 14.5 Å². The molecular weight excluding hydrogens is 306 g/mol. The first kappa shape index (κ1) is 16.2. The Morgan fingerprint density at radius 1 is 1.21 bits per heavy atom. The standard InChI is InChI=1S/C18H19N3O3/c1-13-19-8-9-21(13)18-7-3-6-17(20-18)14-4-2-5-16(10-14)24-12-15(23)11-22/h2-10,15,22-23H,11-12H2,1H3/t15-/m1/s1. The fourth-order valence-electron chi connectivity index (χ4n) is 2.33. The zero-order chi connectivity index (χ0) is 16.9. The number of aromatic nitrogens is 3. The van der Waals surface area contributed by atoms with Crippen LogP contribution in [0, 0.1) is 6.92 Å². The summed E-state index contributed by atoms with van der Waals surface area (Å²) in [5.41, 5.74) is 1.72. The van der Waals surface area contributed by atoms with Gasteiger partial charge in [-0.3, -0.25) is 4.57 Å². The van der Waals surface area contributed by atoms with E-state index in [0.717, 1.165) is 22.9 Å². The van der Waals surface area contributed by atoms with Gasteiger partial charge < -0.3 is 14.9 Å². The van der Waals surface area contributed by atoms with E-state index >= 15 is 0 Å². The Kier molecular flexibility index (Phi) is 4.88. The number of imidazole rings is 1. The molecule has 124 valence electrons. The maximum atomic E-state index is 9.38. The number of rotatable bonds is 6. The van der Waals surface area contributed by atoms with Crippen LogP contribution in [0.15, 0.2) is 54.9 Å². The van der Waals surface area contributed by atoms with Crippen LogP contribution in [-0.2, 0) is 0 Å². The zero-order valence-electron chi connectivity index (χ0n) is 13.3. The molecule has 0 aliphatic heterocycles. The highest BCUT2D eigenvalue weighted by Crippen LogP contribution is 2.23. The van der Waals surface area contributed by atoms with Crippen molar-refractivity contribution >= 4 is 0 Å². The average Bonchev–Trinajstić information content (AvgIpc) is 3.06. The molecule has 0 unspecified atom stereocenters. The van der Waals surface area contributed by atoms with E-state index < -0.39 is 6.10 Å². The van der Waals surface area contributed by atoms with E-state index in [9.17, 15) is 5.11 Å². The molecule has 2 heterocycles.